The lowest BCUT2D eigenvalue weighted by Gasteiger charge is -2.33. The van der Waals surface area contributed by atoms with E-state index in [2.05, 4.69) is 29.2 Å². The Morgan fingerprint density at radius 1 is 0.968 bits per heavy atom. The number of nitrogens with zero attached hydrogens (tertiary/aromatic N) is 1. The van der Waals surface area contributed by atoms with E-state index in [9.17, 15) is 8.42 Å². The van der Waals surface area contributed by atoms with Crippen molar-refractivity contribution in [3.05, 3.63) is 95.6 Å². The van der Waals surface area contributed by atoms with Gasteiger partial charge >= 0.3 is 10.1 Å². The van der Waals surface area contributed by atoms with E-state index < -0.39 is 10.1 Å². The predicted octanol–water partition coefficient (Wildman–Crippen LogP) is 4.38. The van der Waals surface area contributed by atoms with Crippen LogP contribution in [0.3, 0.4) is 0 Å². The summed E-state index contributed by atoms with van der Waals surface area (Å²) in [4.78, 5) is 2.56. The second-order valence-corrected chi connectivity index (χ2v) is 9.36. The minimum absolute atomic E-state index is 0.0349. The highest BCUT2D eigenvalue weighted by atomic mass is 32.2. The highest BCUT2D eigenvalue weighted by molar-refractivity contribution is 7.87. The van der Waals surface area contributed by atoms with Crippen molar-refractivity contribution in [1.82, 2.24) is 4.90 Å². The van der Waals surface area contributed by atoms with Gasteiger partial charge in [0.05, 0.1) is 12.7 Å². The zero-order valence-electron chi connectivity index (χ0n) is 17.6. The topological polar surface area (TPSA) is 55.8 Å². The lowest BCUT2D eigenvalue weighted by atomic mass is 10.1. The molecule has 0 saturated carbocycles. The third kappa shape index (κ3) is 5.73. The highest BCUT2D eigenvalue weighted by Gasteiger charge is 2.22. The van der Waals surface area contributed by atoms with Gasteiger partial charge in [0.1, 0.15) is 10.6 Å². The average Bonchev–Trinajstić information content (AvgIpc) is 2.79. The van der Waals surface area contributed by atoms with Crippen LogP contribution in [0, 0.1) is 6.92 Å². The monoisotopic (exact) mass is 437 g/mol. The highest BCUT2D eigenvalue weighted by Crippen LogP contribution is 2.26. The van der Waals surface area contributed by atoms with Gasteiger partial charge in [-0.1, -0.05) is 60.2 Å². The first-order valence-electron chi connectivity index (χ1n) is 10.5. The molecule has 4 rings (SSSR count). The van der Waals surface area contributed by atoms with Crippen molar-refractivity contribution in [2.24, 2.45) is 0 Å². The van der Waals surface area contributed by atoms with Crippen molar-refractivity contribution in [3.63, 3.8) is 0 Å². The lowest BCUT2D eigenvalue weighted by molar-refractivity contribution is -0.0295. The van der Waals surface area contributed by atoms with Crippen LogP contribution in [-0.2, 0) is 21.3 Å². The molecule has 1 aliphatic heterocycles. The van der Waals surface area contributed by atoms with Crippen LogP contribution in [0.15, 0.2) is 83.8 Å². The molecule has 1 saturated heterocycles. The molecule has 162 valence electrons. The number of benzene rings is 3. The smallest absolute Gasteiger partial charge is 0.339 e. The molecule has 0 radical (unpaired) electrons. The predicted molar refractivity (Wildman–Crippen MR) is 121 cm³/mol. The van der Waals surface area contributed by atoms with Crippen molar-refractivity contribution in [2.75, 3.05) is 26.2 Å². The first-order chi connectivity index (χ1) is 15.0. The fourth-order valence-electron chi connectivity index (χ4n) is 3.66. The van der Waals surface area contributed by atoms with Crippen molar-refractivity contribution < 1.29 is 17.3 Å². The summed E-state index contributed by atoms with van der Waals surface area (Å²) in [5, 5.41) is 0. The van der Waals surface area contributed by atoms with Crippen molar-refractivity contribution in [2.45, 2.75) is 24.3 Å². The SMILES string of the molecule is Cc1ccc(S(=O)(=O)Oc2ccc([C@H]3CN(CCc4ccccc4)CCO3)cc2)cc1. The van der Waals surface area contributed by atoms with Crippen LogP contribution in [0.2, 0.25) is 0 Å². The summed E-state index contributed by atoms with van der Waals surface area (Å²) >= 11 is 0. The molecule has 1 fully saturated rings. The molecule has 6 heteroatoms. The van der Waals surface area contributed by atoms with E-state index in [0.717, 1.165) is 37.2 Å². The molecular weight excluding hydrogens is 410 g/mol. The number of hydrogen-bond donors (Lipinski definition) is 0. The molecular formula is C25H27NO4S. The fraction of sp³-hybridized carbons (Fsp3) is 0.280. The van der Waals surface area contributed by atoms with Gasteiger partial charge in [0.2, 0.25) is 0 Å². The summed E-state index contributed by atoms with van der Waals surface area (Å²) in [6, 6.07) is 24.2. The molecule has 5 nitrogen and oxygen atoms in total. The van der Waals surface area contributed by atoms with Crippen LogP contribution >= 0.6 is 0 Å². The molecule has 3 aromatic rings. The molecule has 0 aliphatic carbocycles. The van der Waals surface area contributed by atoms with Crippen LogP contribution in [0.1, 0.15) is 22.8 Å². The van der Waals surface area contributed by atoms with Gasteiger partial charge in [-0.05, 0) is 48.7 Å². The Kier molecular flexibility index (Phi) is 6.70. The minimum atomic E-state index is -3.85. The zero-order valence-corrected chi connectivity index (χ0v) is 18.4. The summed E-state index contributed by atoms with van der Waals surface area (Å²) < 4.78 is 36.2. The lowest BCUT2D eigenvalue weighted by Crippen LogP contribution is -2.39. The van der Waals surface area contributed by atoms with Crippen molar-refractivity contribution >= 4 is 10.1 Å². The van der Waals surface area contributed by atoms with Crippen molar-refractivity contribution in [1.29, 1.82) is 0 Å². The van der Waals surface area contributed by atoms with Gasteiger partial charge in [0, 0.05) is 19.6 Å². The Labute approximate surface area is 184 Å². The zero-order chi connectivity index (χ0) is 21.7. The maximum Gasteiger partial charge on any atom is 0.339 e. The Hall–Kier alpha value is -2.67. The summed E-state index contributed by atoms with van der Waals surface area (Å²) in [5.74, 6) is 0.293. The van der Waals surface area contributed by atoms with E-state index in [1.54, 1.807) is 36.4 Å². The summed E-state index contributed by atoms with van der Waals surface area (Å²) in [5.41, 5.74) is 3.35. The van der Waals surface area contributed by atoms with Gasteiger partial charge in [0.25, 0.3) is 0 Å². The molecule has 0 amide bonds. The second kappa shape index (κ2) is 9.64. The molecule has 0 aromatic heterocycles. The minimum Gasteiger partial charge on any atom is -0.379 e. The Morgan fingerprint density at radius 3 is 2.39 bits per heavy atom. The molecule has 0 bridgehead atoms. The van der Waals surface area contributed by atoms with Crippen LogP contribution in [0.4, 0.5) is 0 Å². The third-order valence-electron chi connectivity index (χ3n) is 5.48. The number of ether oxygens (including phenoxy) is 1. The average molecular weight is 438 g/mol. The van der Waals surface area contributed by atoms with Gasteiger partial charge in [0.15, 0.2) is 0 Å². The van der Waals surface area contributed by atoms with E-state index in [1.807, 2.05) is 25.1 Å². The van der Waals surface area contributed by atoms with E-state index in [-0.39, 0.29) is 11.0 Å². The first-order valence-corrected chi connectivity index (χ1v) is 11.9. The van der Waals surface area contributed by atoms with Crippen LogP contribution in [-0.4, -0.2) is 39.6 Å². The molecule has 0 spiro atoms. The largest absolute Gasteiger partial charge is 0.379 e. The summed E-state index contributed by atoms with van der Waals surface area (Å²) in [6.07, 6.45) is 0.976. The Bertz CT molecular complexity index is 1080. The van der Waals surface area contributed by atoms with Gasteiger partial charge in [-0.3, -0.25) is 4.90 Å². The molecule has 1 heterocycles. The maximum atomic E-state index is 12.5. The molecule has 0 N–H and O–H groups in total. The van der Waals surface area contributed by atoms with Crippen molar-refractivity contribution in [3.8, 4) is 5.75 Å². The van der Waals surface area contributed by atoms with E-state index in [4.69, 9.17) is 8.92 Å². The van der Waals surface area contributed by atoms with Gasteiger partial charge in [-0.15, -0.1) is 0 Å². The Balaban J connectivity index is 1.36. The molecule has 1 aliphatic rings. The van der Waals surface area contributed by atoms with Crippen LogP contribution in [0.25, 0.3) is 0 Å². The molecule has 3 aromatic carbocycles. The molecule has 1 atom stereocenters. The quantitative estimate of drug-likeness (QED) is 0.514. The van der Waals surface area contributed by atoms with E-state index in [1.165, 1.54) is 5.56 Å². The third-order valence-corrected chi connectivity index (χ3v) is 6.74. The summed E-state index contributed by atoms with van der Waals surface area (Å²) in [6.45, 7) is 5.31. The van der Waals surface area contributed by atoms with Crippen LogP contribution in [0.5, 0.6) is 5.75 Å². The number of hydrogen-bond acceptors (Lipinski definition) is 5. The second-order valence-electron chi connectivity index (χ2n) is 7.82. The molecule has 0 unspecified atom stereocenters. The number of aryl methyl sites for hydroxylation is 1. The van der Waals surface area contributed by atoms with E-state index >= 15 is 0 Å². The normalized spacial score (nSPS) is 17.4. The van der Waals surface area contributed by atoms with Gasteiger partial charge in [-0.2, -0.15) is 8.42 Å². The van der Waals surface area contributed by atoms with Gasteiger partial charge in [-0.25, -0.2) is 0 Å². The maximum absolute atomic E-state index is 12.5. The van der Waals surface area contributed by atoms with Gasteiger partial charge < -0.3 is 8.92 Å². The fourth-order valence-corrected chi connectivity index (χ4v) is 4.59. The van der Waals surface area contributed by atoms with E-state index in [0.29, 0.717) is 12.4 Å². The summed E-state index contributed by atoms with van der Waals surface area (Å²) in [7, 11) is -3.85. The molecule has 31 heavy (non-hydrogen) atoms. The Morgan fingerprint density at radius 2 is 1.68 bits per heavy atom. The number of morpholine rings is 1. The first kappa shape index (κ1) is 21.6. The number of rotatable bonds is 7. The van der Waals surface area contributed by atoms with Crippen LogP contribution < -0.4 is 4.18 Å². The standard InChI is InChI=1S/C25H27NO4S/c1-20-7-13-24(14-8-20)31(27,28)30-23-11-9-22(10-12-23)25-19-26(17-18-29-25)16-15-21-5-3-2-4-6-21/h2-14,25H,15-19H2,1H3/t25-/m1/s1.